The number of aromatic nitrogens is 1. The van der Waals surface area contributed by atoms with Crippen LogP contribution in [0.3, 0.4) is 0 Å². The molecule has 0 saturated carbocycles. The number of para-hydroxylation sites is 1. The van der Waals surface area contributed by atoms with Crippen LogP contribution in [0.2, 0.25) is 0 Å². The lowest BCUT2D eigenvalue weighted by Crippen LogP contribution is -2.32. The molecule has 1 amide bonds. The number of hydrogen-bond acceptors (Lipinski definition) is 5. The van der Waals surface area contributed by atoms with Crippen LogP contribution >= 0.6 is 0 Å². The Hall–Kier alpha value is -3.02. The lowest BCUT2D eigenvalue weighted by Gasteiger charge is -2.17. The molecule has 0 saturated heterocycles. The summed E-state index contributed by atoms with van der Waals surface area (Å²) in [5, 5.41) is 5.79. The molecular weight excluding hydrogens is 314 g/mol. The predicted molar refractivity (Wildman–Crippen MR) is 102 cm³/mol. The molecule has 1 aromatic heterocycles. The first-order chi connectivity index (χ1) is 12.0. The van der Waals surface area contributed by atoms with Crippen LogP contribution < -0.4 is 22.1 Å². The van der Waals surface area contributed by atoms with E-state index in [2.05, 4.69) is 15.6 Å². The van der Waals surface area contributed by atoms with E-state index in [4.69, 9.17) is 11.5 Å². The minimum atomic E-state index is -0.312. The second-order valence-electron chi connectivity index (χ2n) is 5.75. The molecular formula is C19H25N5O. The number of hydrogen-bond donors (Lipinski definition) is 4. The fraction of sp³-hybridized carbons (Fsp3) is 0.263. The highest BCUT2D eigenvalue weighted by Gasteiger charge is 2.17. The second-order valence-corrected chi connectivity index (χ2v) is 5.75. The summed E-state index contributed by atoms with van der Waals surface area (Å²) in [7, 11) is 1.72. The van der Waals surface area contributed by atoms with Gasteiger partial charge < -0.3 is 22.1 Å². The number of pyridine rings is 1. The van der Waals surface area contributed by atoms with E-state index in [0.29, 0.717) is 23.5 Å². The van der Waals surface area contributed by atoms with Crippen LogP contribution in [0.15, 0.2) is 42.4 Å². The summed E-state index contributed by atoms with van der Waals surface area (Å²) >= 11 is 0. The van der Waals surface area contributed by atoms with Gasteiger partial charge in [0.25, 0.3) is 5.91 Å². The molecule has 0 aliphatic rings. The number of nitrogen functional groups attached to an aromatic ring is 1. The number of nitrogens with two attached hydrogens (primary N) is 2. The largest absolute Gasteiger partial charge is 0.398 e. The van der Waals surface area contributed by atoms with E-state index in [1.54, 1.807) is 19.4 Å². The third-order valence-electron chi connectivity index (χ3n) is 4.00. The van der Waals surface area contributed by atoms with Gasteiger partial charge in [0.2, 0.25) is 0 Å². The number of rotatable bonds is 6. The number of benzene rings is 1. The Morgan fingerprint density at radius 1 is 1.24 bits per heavy atom. The maximum atomic E-state index is 12.2. The summed E-state index contributed by atoms with van der Waals surface area (Å²) in [6.45, 7) is 4.56. The lowest BCUT2D eigenvalue weighted by atomic mass is 9.96. The minimum Gasteiger partial charge on any atom is -0.398 e. The second kappa shape index (κ2) is 8.19. The highest BCUT2D eigenvalue weighted by Crippen LogP contribution is 2.33. The number of anilines is 1. The van der Waals surface area contributed by atoms with Gasteiger partial charge in [-0.05, 0) is 25.0 Å². The first kappa shape index (κ1) is 18.3. The zero-order valence-electron chi connectivity index (χ0n) is 14.9. The average Bonchev–Trinajstić information content (AvgIpc) is 2.62. The maximum Gasteiger partial charge on any atom is 0.269 e. The molecule has 0 radical (unpaired) electrons. The summed E-state index contributed by atoms with van der Waals surface area (Å²) in [6.07, 6.45) is 4.37. The van der Waals surface area contributed by atoms with Crippen molar-refractivity contribution in [1.29, 1.82) is 0 Å². The Morgan fingerprint density at radius 2 is 2.00 bits per heavy atom. The Kier molecular flexibility index (Phi) is 6.00. The van der Waals surface area contributed by atoms with Gasteiger partial charge in [0, 0.05) is 48.4 Å². The van der Waals surface area contributed by atoms with E-state index in [0.717, 1.165) is 23.1 Å². The third kappa shape index (κ3) is 3.91. The standard InChI is InChI=1S/C19H25N5O/c1-4-9-24-19(25)17(21)18(22-3)14-7-5-6-13(16(14)20)15-11-23-10-8-12(15)2/h5-8,10-11,22H,4,9,20-21H2,1-3H3,(H,24,25)/b18-17+. The van der Waals surface area contributed by atoms with E-state index in [9.17, 15) is 4.79 Å². The average molecular weight is 339 g/mol. The third-order valence-corrected chi connectivity index (χ3v) is 4.00. The van der Waals surface area contributed by atoms with Gasteiger partial charge in [-0.25, -0.2) is 0 Å². The Labute approximate surface area is 148 Å². The molecule has 0 bridgehead atoms. The van der Waals surface area contributed by atoms with Gasteiger partial charge in [0.15, 0.2) is 0 Å². The molecule has 0 aliphatic heterocycles. The normalized spacial score (nSPS) is 11.6. The van der Waals surface area contributed by atoms with Crippen LogP contribution in [0.1, 0.15) is 24.5 Å². The van der Waals surface area contributed by atoms with Crippen molar-refractivity contribution in [1.82, 2.24) is 15.6 Å². The predicted octanol–water partition coefficient (Wildman–Crippen LogP) is 2.01. The number of aryl methyl sites for hydroxylation is 1. The van der Waals surface area contributed by atoms with Crippen molar-refractivity contribution in [3.05, 3.63) is 53.5 Å². The van der Waals surface area contributed by atoms with Gasteiger partial charge in [-0.3, -0.25) is 9.78 Å². The molecule has 6 nitrogen and oxygen atoms in total. The van der Waals surface area contributed by atoms with Crippen LogP contribution in [-0.4, -0.2) is 24.5 Å². The number of amides is 1. The molecule has 6 heteroatoms. The van der Waals surface area contributed by atoms with Crippen LogP contribution in [0.25, 0.3) is 16.8 Å². The summed E-state index contributed by atoms with van der Waals surface area (Å²) in [5.41, 5.74) is 17.2. The quantitative estimate of drug-likeness (QED) is 0.476. The van der Waals surface area contributed by atoms with E-state index >= 15 is 0 Å². The zero-order chi connectivity index (χ0) is 18.4. The van der Waals surface area contributed by atoms with Gasteiger partial charge >= 0.3 is 0 Å². The zero-order valence-corrected chi connectivity index (χ0v) is 14.9. The van der Waals surface area contributed by atoms with Gasteiger partial charge in [-0.15, -0.1) is 0 Å². The van der Waals surface area contributed by atoms with Crippen molar-refractivity contribution in [3.63, 3.8) is 0 Å². The summed E-state index contributed by atoms with van der Waals surface area (Å²) in [5.74, 6) is -0.312. The van der Waals surface area contributed by atoms with Gasteiger partial charge in [-0.1, -0.05) is 25.1 Å². The molecule has 0 unspecified atom stereocenters. The molecule has 132 valence electrons. The molecule has 6 N–H and O–H groups in total. The van der Waals surface area contributed by atoms with Crippen LogP contribution in [-0.2, 0) is 4.79 Å². The van der Waals surface area contributed by atoms with Crippen molar-refractivity contribution < 1.29 is 4.79 Å². The fourth-order valence-electron chi connectivity index (χ4n) is 2.63. The van der Waals surface area contributed by atoms with Crippen LogP contribution in [0, 0.1) is 6.92 Å². The molecule has 25 heavy (non-hydrogen) atoms. The minimum absolute atomic E-state index is 0.114. The lowest BCUT2D eigenvalue weighted by molar-refractivity contribution is -0.117. The molecule has 2 aromatic rings. The summed E-state index contributed by atoms with van der Waals surface area (Å²) in [4.78, 5) is 16.4. The fourth-order valence-corrected chi connectivity index (χ4v) is 2.63. The number of nitrogens with one attached hydrogen (secondary N) is 2. The van der Waals surface area contributed by atoms with Crippen molar-refractivity contribution in [3.8, 4) is 11.1 Å². The number of carbonyl (C=O) groups is 1. The highest BCUT2D eigenvalue weighted by atomic mass is 16.2. The number of nitrogens with zero attached hydrogens (tertiary/aromatic N) is 1. The Bertz CT molecular complexity index is 798. The first-order valence-electron chi connectivity index (χ1n) is 8.26. The van der Waals surface area contributed by atoms with Crippen molar-refractivity contribution in [2.24, 2.45) is 5.73 Å². The van der Waals surface area contributed by atoms with Crippen molar-refractivity contribution in [2.45, 2.75) is 20.3 Å². The summed E-state index contributed by atoms with van der Waals surface area (Å²) < 4.78 is 0. The molecule has 0 fully saturated rings. The SMILES string of the molecule is CCCNC(=O)/C(N)=C(\NC)c1cccc(-c2cnccc2C)c1N. The van der Waals surface area contributed by atoms with E-state index < -0.39 is 0 Å². The van der Waals surface area contributed by atoms with Crippen LogP contribution in [0.5, 0.6) is 0 Å². The monoisotopic (exact) mass is 339 g/mol. The molecule has 0 aliphatic carbocycles. The van der Waals surface area contributed by atoms with E-state index in [-0.39, 0.29) is 11.6 Å². The van der Waals surface area contributed by atoms with Gasteiger partial charge in [0.05, 0.1) is 5.70 Å². The smallest absolute Gasteiger partial charge is 0.269 e. The first-order valence-corrected chi connectivity index (χ1v) is 8.26. The topological polar surface area (TPSA) is 106 Å². The molecule has 1 aromatic carbocycles. The van der Waals surface area contributed by atoms with E-state index in [1.807, 2.05) is 38.1 Å². The number of carbonyl (C=O) groups excluding carboxylic acids is 1. The van der Waals surface area contributed by atoms with Crippen molar-refractivity contribution in [2.75, 3.05) is 19.3 Å². The van der Waals surface area contributed by atoms with Crippen LogP contribution in [0.4, 0.5) is 5.69 Å². The molecule has 0 atom stereocenters. The van der Waals surface area contributed by atoms with Crippen molar-refractivity contribution >= 4 is 17.3 Å². The highest BCUT2D eigenvalue weighted by molar-refractivity contribution is 6.02. The maximum absolute atomic E-state index is 12.2. The summed E-state index contributed by atoms with van der Waals surface area (Å²) in [6, 6.07) is 7.60. The van der Waals surface area contributed by atoms with Gasteiger partial charge in [-0.2, -0.15) is 0 Å². The Morgan fingerprint density at radius 3 is 2.64 bits per heavy atom. The molecule has 2 rings (SSSR count). The molecule has 0 spiro atoms. The molecule has 1 heterocycles. The van der Waals surface area contributed by atoms with E-state index in [1.165, 1.54) is 0 Å². The Balaban J connectivity index is 2.53. The van der Waals surface area contributed by atoms with Gasteiger partial charge in [0.1, 0.15) is 5.70 Å².